The molecule has 21 heavy (non-hydrogen) atoms. The Balaban J connectivity index is 2.18. The van der Waals surface area contributed by atoms with Gasteiger partial charge in [0, 0.05) is 10.6 Å². The summed E-state index contributed by atoms with van der Waals surface area (Å²) in [4.78, 5) is 0. The summed E-state index contributed by atoms with van der Waals surface area (Å²) >= 11 is 5.94. The first-order chi connectivity index (χ1) is 10.1. The third kappa shape index (κ3) is 2.42. The highest BCUT2D eigenvalue weighted by atomic mass is 35.5. The van der Waals surface area contributed by atoms with Crippen molar-refractivity contribution in [1.82, 2.24) is 0 Å². The van der Waals surface area contributed by atoms with Crippen LogP contribution in [0.5, 0.6) is 0 Å². The molecule has 0 aliphatic heterocycles. The van der Waals surface area contributed by atoms with E-state index >= 15 is 0 Å². The molecule has 102 valence electrons. The molecule has 0 saturated heterocycles. The van der Waals surface area contributed by atoms with Gasteiger partial charge in [-0.15, -0.1) is 6.42 Å². The fourth-order valence-electron chi connectivity index (χ4n) is 2.74. The topological polar surface area (TPSA) is 0 Å². The molecule has 1 heteroatoms. The largest absolute Gasteiger partial charge is 0.115 e. The molecule has 0 amide bonds. The van der Waals surface area contributed by atoms with E-state index in [-0.39, 0.29) is 0 Å². The molecule has 0 nitrogen and oxygen atoms in total. The van der Waals surface area contributed by atoms with Gasteiger partial charge in [-0.2, -0.15) is 0 Å². The zero-order valence-electron chi connectivity index (χ0n) is 12.1. The molecule has 0 spiro atoms. The lowest BCUT2D eigenvalue weighted by molar-refractivity contribution is 1.44. The fourth-order valence-corrected chi connectivity index (χ4v) is 2.86. The highest BCUT2D eigenvalue weighted by molar-refractivity contribution is 6.30. The lowest BCUT2D eigenvalue weighted by Crippen LogP contribution is -1.85. The maximum Gasteiger partial charge on any atom is 0.0406 e. The molecular weight excluding hydrogens is 276 g/mol. The molecule has 0 radical (unpaired) electrons. The van der Waals surface area contributed by atoms with Crippen LogP contribution in [0, 0.1) is 19.3 Å². The predicted octanol–water partition coefficient (Wildman–Crippen LogP) is 5.61. The predicted molar refractivity (Wildman–Crippen MR) is 91.9 cm³/mol. The average molecular weight is 291 g/mol. The zero-order valence-corrected chi connectivity index (χ0v) is 12.8. The van der Waals surface area contributed by atoms with Crippen molar-refractivity contribution < 1.29 is 0 Å². The molecule has 0 saturated carbocycles. The van der Waals surface area contributed by atoms with E-state index in [2.05, 4.69) is 44.0 Å². The summed E-state index contributed by atoms with van der Waals surface area (Å²) in [6.07, 6.45) is 7.88. The van der Waals surface area contributed by atoms with Crippen molar-refractivity contribution in [2.45, 2.75) is 13.8 Å². The van der Waals surface area contributed by atoms with Crippen molar-refractivity contribution >= 4 is 28.8 Å². The molecule has 0 fully saturated rings. The summed E-state index contributed by atoms with van der Waals surface area (Å²) in [5.41, 5.74) is 8.07. The van der Waals surface area contributed by atoms with Crippen molar-refractivity contribution in [1.29, 1.82) is 0 Å². The van der Waals surface area contributed by atoms with Gasteiger partial charge in [-0.05, 0) is 59.9 Å². The van der Waals surface area contributed by atoms with Gasteiger partial charge in [0.2, 0.25) is 0 Å². The summed E-state index contributed by atoms with van der Waals surface area (Å²) in [6.45, 7) is 4.18. The van der Waals surface area contributed by atoms with E-state index in [4.69, 9.17) is 18.0 Å². The smallest absolute Gasteiger partial charge is 0.0406 e. The Morgan fingerprint density at radius 2 is 1.71 bits per heavy atom. The molecule has 0 heterocycles. The highest BCUT2D eigenvalue weighted by Gasteiger charge is 2.22. The number of hydrogen-bond acceptors (Lipinski definition) is 0. The highest BCUT2D eigenvalue weighted by Crippen LogP contribution is 2.42. The van der Waals surface area contributed by atoms with E-state index in [1.807, 2.05) is 24.3 Å². The number of rotatable bonds is 1. The van der Waals surface area contributed by atoms with Crippen LogP contribution < -0.4 is 0 Å². The Bertz CT molecular complexity index is 812. The number of fused-ring (bicyclic) bond motifs is 1. The number of aryl methyl sites for hydroxylation is 1. The van der Waals surface area contributed by atoms with Crippen LogP contribution in [-0.4, -0.2) is 0 Å². The quantitative estimate of drug-likeness (QED) is 0.599. The Morgan fingerprint density at radius 3 is 2.38 bits per heavy atom. The van der Waals surface area contributed by atoms with Crippen molar-refractivity contribution in [2.75, 3.05) is 0 Å². The molecule has 0 aromatic heterocycles. The third-order valence-electron chi connectivity index (χ3n) is 3.84. The summed E-state index contributed by atoms with van der Waals surface area (Å²) in [5, 5.41) is 0.746. The minimum Gasteiger partial charge on any atom is -0.115 e. The first kappa shape index (κ1) is 13.7. The molecule has 1 aliphatic carbocycles. The molecule has 3 rings (SSSR count). The van der Waals surface area contributed by atoms with Crippen molar-refractivity contribution in [3.05, 3.63) is 75.3 Å². The molecule has 0 atom stereocenters. The lowest BCUT2D eigenvalue weighted by Gasteiger charge is -2.05. The Hall–Kier alpha value is -2.23. The van der Waals surface area contributed by atoms with Crippen LogP contribution in [0.3, 0.4) is 0 Å². The van der Waals surface area contributed by atoms with Gasteiger partial charge < -0.3 is 0 Å². The van der Waals surface area contributed by atoms with E-state index in [0.29, 0.717) is 0 Å². The zero-order chi connectivity index (χ0) is 15.0. The van der Waals surface area contributed by atoms with Crippen molar-refractivity contribution in [2.24, 2.45) is 0 Å². The van der Waals surface area contributed by atoms with Crippen LogP contribution in [0.2, 0.25) is 5.02 Å². The van der Waals surface area contributed by atoms with E-state index in [0.717, 1.165) is 27.3 Å². The Labute approximate surface area is 130 Å². The van der Waals surface area contributed by atoms with Crippen LogP contribution in [0.4, 0.5) is 0 Å². The monoisotopic (exact) mass is 290 g/mol. The first-order valence-electron chi connectivity index (χ1n) is 6.86. The minimum absolute atomic E-state index is 0.746. The molecule has 2 aromatic carbocycles. The average Bonchev–Trinajstić information content (AvgIpc) is 2.73. The molecule has 0 N–H and O–H groups in total. The summed E-state index contributed by atoms with van der Waals surface area (Å²) in [7, 11) is 0. The number of halogens is 1. The third-order valence-corrected chi connectivity index (χ3v) is 4.09. The second kappa shape index (κ2) is 5.28. The van der Waals surface area contributed by atoms with E-state index in [9.17, 15) is 0 Å². The van der Waals surface area contributed by atoms with Gasteiger partial charge in [-0.3, -0.25) is 0 Å². The van der Waals surface area contributed by atoms with Gasteiger partial charge in [-0.1, -0.05) is 53.4 Å². The lowest BCUT2D eigenvalue weighted by atomic mass is 9.99. The molecular formula is C20H15Cl. The number of allylic oxidation sites excluding steroid dienone is 3. The van der Waals surface area contributed by atoms with Crippen molar-refractivity contribution in [3.63, 3.8) is 0 Å². The first-order valence-corrected chi connectivity index (χ1v) is 7.24. The molecule has 1 aliphatic rings. The number of benzene rings is 2. The summed E-state index contributed by atoms with van der Waals surface area (Å²) in [5.74, 6) is 2.84. The van der Waals surface area contributed by atoms with Gasteiger partial charge in [0.1, 0.15) is 0 Å². The van der Waals surface area contributed by atoms with Crippen LogP contribution >= 0.6 is 11.6 Å². The van der Waals surface area contributed by atoms with Crippen LogP contribution in [0.1, 0.15) is 29.2 Å². The van der Waals surface area contributed by atoms with Gasteiger partial charge in [-0.25, -0.2) is 0 Å². The Kier molecular flexibility index (Phi) is 3.45. The molecule has 0 bridgehead atoms. The summed E-state index contributed by atoms with van der Waals surface area (Å²) < 4.78 is 0. The summed E-state index contributed by atoms with van der Waals surface area (Å²) in [6, 6.07) is 14.3. The van der Waals surface area contributed by atoms with Gasteiger partial charge in [0.05, 0.1) is 0 Å². The maximum absolute atomic E-state index is 5.94. The SMILES string of the molecule is C#CC1=C(C)C(=Cc2ccc(Cl)cc2)c2ccc(C)cc21. The normalized spacial score (nSPS) is 15.2. The molecule has 2 aromatic rings. The standard InChI is InChI=1S/C20H15Cl/c1-4-17-14(3)19(12-15-6-8-16(21)9-7-15)18-10-5-13(2)11-20(17)18/h1,5-12H,2-3H3. The van der Waals surface area contributed by atoms with Gasteiger partial charge in [0.25, 0.3) is 0 Å². The van der Waals surface area contributed by atoms with E-state index in [1.165, 1.54) is 16.7 Å². The van der Waals surface area contributed by atoms with Crippen LogP contribution in [0.25, 0.3) is 17.2 Å². The number of hydrogen-bond donors (Lipinski definition) is 0. The molecule has 0 unspecified atom stereocenters. The maximum atomic E-state index is 5.94. The fraction of sp³-hybridized carbons (Fsp3) is 0.100. The van der Waals surface area contributed by atoms with Gasteiger partial charge in [0.15, 0.2) is 0 Å². The number of terminal acetylenes is 1. The van der Waals surface area contributed by atoms with Crippen LogP contribution in [0.15, 0.2) is 48.0 Å². The van der Waals surface area contributed by atoms with Gasteiger partial charge >= 0.3 is 0 Å². The van der Waals surface area contributed by atoms with Crippen molar-refractivity contribution in [3.8, 4) is 12.3 Å². The van der Waals surface area contributed by atoms with E-state index < -0.39 is 0 Å². The Morgan fingerprint density at radius 1 is 1.00 bits per heavy atom. The second-order valence-corrected chi connectivity index (χ2v) is 5.74. The minimum atomic E-state index is 0.746. The van der Waals surface area contributed by atoms with Crippen LogP contribution in [-0.2, 0) is 0 Å². The van der Waals surface area contributed by atoms with E-state index in [1.54, 1.807) is 0 Å². The second-order valence-electron chi connectivity index (χ2n) is 5.30.